The summed E-state index contributed by atoms with van der Waals surface area (Å²) in [6, 6.07) is 1.05. The largest absolute Gasteiger partial charge is 0.391 e. The molecule has 0 amide bonds. The van der Waals surface area contributed by atoms with Gasteiger partial charge in [-0.05, 0) is 11.4 Å². The molecule has 2 N–H and O–H groups in total. The van der Waals surface area contributed by atoms with Gasteiger partial charge in [-0.2, -0.15) is 0 Å². The molecule has 0 unspecified atom stereocenters. The van der Waals surface area contributed by atoms with Crippen LogP contribution in [0.1, 0.15) is 4.88 Å². The van der Waals surface area contributed by atoms with Gasteiger partial charge in [0.1, 0.15) is 10.6 Å². The Morgan fingerprint density at radius 2 is 1.71 bits per heavy atom. The SMILES string of the molecule is O=S(=O)(Nc1c(F)c(F)cc(F)c1F)c1ccsc1CO. The topological polar surface area (TPSA) is 66.4 Å². The molecule has 0 saturated carbocycles. The van der Waals surface area contributed by atoms with Gasteiger partial charge in [-0.25, -0.2) is 26.0 Å². The van der Waals surface area contributed by atoms with E-state index in [4.69, 9.17) is 5.11 Å². The van der Waals surface area contributed by atoms with E-state index in [1.54, 1.807) is 0 Å². The second kappa shape index (κ2) is 5.62. The van der Waals surface area contributed by atoms with Gasteiger partial charge in [-0.1, -0.05) is 0 Å². The Balaban J connectivity index is 2.52. The fraction of sp³-hybridized carbons (Fsp3) is 0.0909. The molecule has 0 fully saturated rings. The van der Waals surface area contributed by atoms with E-state index < -0.39 is 50.5 Å². The highest BCUT2D eigenvalue weighted by molar-refractivity contribution is 7.93. The molecule has 0 spiro atoms. The summed E-state index contributed by atoms with van der Waals surface area (Å²) in [5.41, 5.74) is -1.46. The van der Waals surface area contributed by atoms with Gasteiger partial charge in [0, 0.05) is 6.07 Å². The zero-order valence-corrected chi connectivity index (χ0v) is 11.7. The van der Waals surface area contributed by atoms with Crippen molar-refractivity contribution in [3.8, 4) is 0 Å². The minimum absolute atomic E-state index is 0.0141. The van der Waals surface area contributed by atoms with E-state index in [0.717, 1.165) is 17.4 Å². The molecule has 1 aromatic carbocycles. The first kappa shape index (κ1) is 15.7. The Morgan fingerprint density at radius 3 is 2.24 bits per heavy atom. The van der Waals surface area contributed by atoms with Gasteiger partial charge in [0.05, 0.1) is 11.5 Å². The first-order valence-electron chi connectivity index (χ1n) is 5.31. The van der Waals surface area contributed by atoms with Crippen molar-refractivity contribution in [2.45, 2.75) is 11.5 Å². The van der Waals surface area contributed by atoms with Crippen LogP contribution in [0.2, 0.25) is 0 Å². The number of nitrogens with one attached hydrogen (secondary N) is 1. The molecule has 21 heavy (non-hydrogen) atoms. The van der Waals surface area contributed by atoms with Gasteiger partial charge in [0.25, 0.3) is 10.0 Å². The predicted octanol–water partition coefficient (Wildman–Crippen LogP) is 2.60. The van der Waals surface area contributed by atoms with Crippen molar-refractivity contribution in [3.05, 3.63) is 45.7 Å². The van der Waals surface area contributed by atoms with Crippen molar-refractivity contribution in [1.82, 2.24) is 0 Å². The number of aliphatic hydroxyl groups excluding tert-OH is 1. The minimum atomic E-state index is -4.50. The quantitative estimate of drug-likeness (QED) is 0.664. The van der Waals surface area contributed by atoms with Crippen LogP contribution in [-0.2, 0) is 16.6 Å². The van der Waals surface area contributed by atoms with Gasteiger partial charge >= 0.3 is 0 Å². The van der Waals surface area contributed by atoms with Crippen molar-refractivity contribution in [3.63, 3.8) is 0 Å². The molecular formula is C11H7F4NO3S2. The maximum absolute atomic E-state index is 13.4. The molecule has 0 saturated heterocycles. The number of halogens is 4. The maximum Gasteiger partial charge on any atom is 0.263 e. The Labute approximate surface area is 120 Å². The lowest BCUT2D eigenvalue weighted by Crippen LogP contribution is -2.17. The average molecular weight is 341 g/mol. The Morgan fingerprint density at radius 1 is 1.14 bits per heavy atom. The summed E-state index contributed by atoms with van der Waals surface area (Å²) < 4.78 is 78.3. The van der Waals surface area contributed by atoms with Crippen molar-refractivity contribution in [1.29, 1.82) is 0 Å². The molecule has 114 valence electrons. The highest BCUT2D eigenvalue weighted by atomic mass is 32.2. The third-order valence-electron chi connectivity index (χ3n) is 2.49. The molecule has 4 nitrogen and oxygen atoms in total. The van der Waals surface area contributed by atoms with Crippen molar-refractivity contribution in [2.75, 3.05) is 4.72 Å². The number of sulfonamides is 1. The molecule has 0 radical (unpaired) electrons. The van der Waals surface area contributed by atoms with Gasteiger partial charge in [0.2, 0.25) is 0 Å². The average Bonchev–Trinajstić information content (AvgIpc) is 2.91. The summed E-state index contributed by atoms with van der Waals surface area (Å²) in [7, 11) is -4.50. The summed E-state index contributed by atoms with van der Waals surface area (Å²) in [6.07, 6.45) is 0. The van der Waals surface area contributed by atoms with Crippen LogP contribution in [0.5, 0.6) is 0 Å². The fourth-order valence-electron chi connectivity index (χ4n) is 1.54. The van der Waals surface area contributed by atoms with Crippen LogP contribution in [0.25, 0.3) is 0 Å². The second-order valence-electron chi connectivity index (χ2n) is 3.81. The van der Waals surface area contributed by atoms with Gasteiger partial charge in [0.15, 0.2) is 23.3 Å². The number of hydrogen-bond donors (Lipinski definition) is 2. The fourth-order valence-corrected chi connectivity index (χ4v) is 3.89. The molecule has 0 aliphatic heterocycles. The summed E-state index contributed by atoms with van der Waals surface area (Å²) in [6.45, 7) is -0.615. The van der Waals surface area contributed by atoms with Crippen molar-refractivity contribution >= 4 is 27.0 Å². The van der Waals surface area contributed by atoms with E-state index in [9.17, 15) is 26.0 Å². The number of rotatable bonds is 4. The predicted molar refractivity (Wildman–Crippen MR) is 67.3 cm³/mol. The normalized spacial score (nSPS) is 11.7. The van der Waals surface area contributed by atoms with Gasteiger partial charge in [-0.3, -0.25) is 4.72 Å². The number of anilines is 1. The first-order valence-corrected chi connectivity index (χ1v) is 7.67. The highest BCUT2D eigenvalue weighted by Gasteiger charge is 2.26. The highest BCUT2D eigenvalue weighted by Crippen LogP contribution is 2.29. The molecule has 10 heteroatoms. The second-order valence-corrected chi connectivity index (χ2v) is 6.47. The Hall–Kier alpha value is -1.65. The molecule has 0 atom stereocenters. The zero-order chi connectivity index (χ0) is 15.8. The maximum atomic E-state index is 13.4. The van der Waals surface area contributed by atoms with Crippen LogP contribution in [0.4, 0.5) is 23.2 Å². The summed E-state index contributed by atoms with van der Waals surface area (Å²) in [4.78, 5) is -0.418. The van der Waals surface area contributed by atoms with Gasteiger partial charge < -0.3 is 5.11 Å². The number of thiophene rings is 1. The van der Waals surface area contributed by atoms with Crippen molar-refractivity contribution < 1.29 is 31.1 Å². The van der Waals surface area contributed by atoms with Crippen LogP contribution in [0.3, 0.4) is 0 Å². The third-order valence-corrected chi connectivity index (χ3v) is 4.96. The molecule has 0 aliphatic rings. The van der Waals surface area contributed by atoms with Crippen LogP contribution in [0.15, 0.2) is 22.4 Å². The zero-order valence-electron chi connectivity index (χ0n) is 10.0. The van der Waals surface area contributed by atoms with E-state index in [1.807, 2.05) is 0 Å². The van der Waals surface area contributed by atoms with E-state index >= 15 is 0 Å². The van der Waals surface area contributed by atoms with E-state index in [2.05, 4.69) is 0 Å². The third kappa shape index (κ3) is 2.87. The molecule has 2 aromatic rings. The minimum Gasteiger partial charge on any atom is -0.391 e. The number of aliphatic hydroxyl groups is 1. The molecule has 1 aromatic heterocycles. The van der Waals surface area contributed by atoms with Gasteiger partial charge in [-0.15, -0.1) is 11.3 Å². The Kier molecular flexibility index (Phi) is 4.21. The van der Waals surface area contributed by atoms with E-state index in [0.29, 0.717) is 0 Å². The molecule has 0 bridgehead atoms. The first-order chi connectivity index (χ1) is 9.77. The lowest BCUT2D eigenvalue weighted by Gasteiger charge is -2.10. The molecule has 2 rings (SSSR count). The van der Waals surface area contributed by atoms with Crippen molar-refractivity contribution in [2.24, 2.45) is 0 Å². The van der Waals surface area contributed by atoms with E-state index in [-0.39, 0.29) is 10.9 Å². The standard InChI is InChI=1S/C11H7F4NO3S2/c12-5-3-6(13)10(15)11(9(5)14)16-21(18,19)8-1-2-20-7(8)4-17/h1-3,16-17H,4H2. The number of hydrogen-bond acceptors (Lipinski definition) is 4. The smallest absolute Gasteiger partial charge is 0.263 e. The Bertz CT molecular complexity index is 763. The molecular weight excluding hydrogens is 334 g/mol. The van der Waals surface area contributed by atoms with Crippen LogP contribution in [-0.4, -0.2) is 13.5 Å². The lowest BCUT2D eigenvalue weighted by atomic mass is 10.3. The monoisotopic (exact) mass is 341 g/mol. The van der Waals surface area contributed by atoms with E-state index in [1.165, 1.54) is 10.1 Å². The van der Waals surface area contributed by atoms with Crippen LogP contribution >= 0.6 is 11.3 Å². The van der Waals surface area contributed by atoms with Crippen LogP contribution < -0.4 is 4.72 Å². The summed E-state index contributed by atoms with van der Waals surface area (Å²) in [5.74, 6) is -7.20. The molecule has 1 heterocycles. The lowest BCUT2D eigenvalue weighted by molar-refractivity contribution is 0.282. The summed E-state index contributed by atoms with van der Waals surface area (Å²) >= 11 is 0.897. The summed E-state index contributed by atoms with van der Waals surface area (Å²) in [5, 5.41) is 10.3. The van der Waals surface area contributed by atoms with Crippen LogP contribution in [0, 0.1) is 23.3 Å². The molecule has 0 aliphatic carbocycles. The number of benzene rings is 1.